The molecule has 0 aliphatic carbocycles. The maximum absolute atomic E-state index is 12.0. The Morgan fingerprint density at radius 2 is 1.83 bits per heavy atom. The monoisotopic (exact) mass is 316 g/mol. The molecular formula is C19H28N2O2. The zero-order valence-corrected chi connectivity index (χ0v) is 14.2. The second-order valence-corrected chi connectivity index (χ2v) is 6.91. The van der Waals surface area contributed by atoms with Crippen LogP contribution in [0.2, 0.25) is 0 Å². The molecule has 2 aliphatic heterocycles. The van der Waals surface area contributed by atoms with Crippen LogP contribution in [0.15, 0.2) is 24.3 Å². The first-order chi connectivity index (χ1) is 11.2. The molecule has 1 unspecified atom stereocenters. The second-order valence-electron chi connectivity index (χ2n) is 6.91. The van der Waals surface area contributed by atoms with E-state index < -0.39 is 0 Å². The van der Waals surface area contributed by atoms with Gasteiger partial charge in [0.05, 0.1) is 6.61 Å². The molecule has 1 aromatic carbocycles. The summed E-state index contributed by atoms with van der Waals surface area (Å²) in [6.07, 6.45) is 4.36. The molecule has 1 atom stereocenters. The Kier molecular flexibility index (Phi) is 5.68. The number of methoxy groups -OCH3 is 1. The molecule has 3 rings (SSSR count). The minimum atomic E-state index is 0.276. The maximum Gasteiger partial charge on any atom is 0.223 e. The third kappa shape index (κ3) is 4.55. The molecule has 23 heavy (non-hydrogen) atoms. The Morgan fingerprint density at radius 1 is 1.13 bits per heavy atom. The van der Waals surface area contributed by atoms with Gasteiger partial charge in [-0.3, -0.25) is 9.69 Å². The normalized spacial score (nSPS) is 22.2. The average molecular weight is 316 g/mol. The van der Waals surface area contributed by atoms with Gasteiger partial charge in [-0.05, 0) is 49.4 Å². The summed E-state index contributed by atoms with van der Waals surface area (Å²) in [6.45, 7) is 5.78. The van der Waals surface area contributed by atoms with Crippen molar-refractivity contribution in [2.45, 2.75) is 32.2 Å². The van der Waals surface area contributed by atoms with Crippen molar-refractivity contribution in [1.29, 1.82) is 0 Å². The molecule has 2 heterocycles. The van der Waals surface area contributed by atoms with Gasteiger partial charge >= 0.3 is 0 Å². The van der Waals surface area contributed by atoms with Crippen LogP contribution in [0.4, 0.5) is 0 Å². The summed E-state index contributed by atoms with van der Waals surface area (Å²) in [5.74, 6) is 0.724. The number of amides is 1. The van der Waals surface area contributed by atoms with E-state index in [1.54, 1.807) is 7.11 Å². The van der Waals surface area contributed by atoms with Crippen molar-refractivity contribution in [3.8, 4) is 0 Å². The quantitative estimate of drug-likeness (QED) is 0.774. The van der Waals surface area contributed by atoms with E-state index in [0.717, 1.165) is 26.1 Å². The fourth-order valence-corrected chi connectivity index (χ4v) is 3.72. The van der Waals surface area contributed by atoms with E-state index in [4.69, 9.17) is 4.74 Å². The lowest BCUT2D eigenvalue weighted by Gasteiger charge is -2.16. The molecule has 0 N–H and O–H groups in total. The van der Waals surface area contributed by atoms with Crippen molar-refractivity contribution in [3.63, 3.8) is 0 Å². The average Bonchev–Trinajstić information content (AvgIpc) is 3.17. The molecule has 0 bridgehead atoms. The third-order valence-corrected chi connectivity index (χ3v) is 5.01. The molecule has 2 saturated heterocycles. The van der Waals surface area contributed by atoms with Gasteiger partial charge in [0.1, 0.15) is 0 Å². The number of carbonyl (C=O) groups is 1. The summed E-state index contributed by atoms with van der Waals surface area (Å²) in [6, 6.07) is 9.00. The lowest BCUT2D eigenvalue weighted by molar-refractivity contribution is -0.128. The van der Waals surface area contributed by atoms with Gasteiger partial charge in [0.15, 0.2) is 0 Å². The lowest BCUT2D eigenvalue weighted by atomic mass is 9.98. The summed E-state index contributed by atoms with van der Waals surface area (Å²) in [4.78, 5) is 16.5. The minimum absolute atomic E-state index is 0.276. The Balaban J connectivity index is 1.49. The maximum atomic E-state index is 12.0. The molecular weight excluding hydrogens is 288 g/mol. The van der Waals surface area contributed by atoms with E-state index in [-0.39, 0.29) is 5.91 Å². The number of rotatable bonds is 7. The topological polar surface area (TPSA) is 32.8 Å². The standard InChI is InChI=1S/C19H28N2O2/c1-23-11-10-21-15-18(13-19(21)22)12-16-4-6-17(7-5-16)14-20-8-2-3-9-20/h4-7,18H,2-3,8-15H2,1H3. The van der Waals surface area contributed by atoms with Crippen LogP contribution in [0.1, 0.15) is 30.4 Å². The van der Waals surface area contributed by atoms with Crippen molar-refractivity contribution < 1.29 is 9.53 Å². The van der Waals surface area contributed by atoms with E-state index in [2.05, 4.69) is 29.2 Å². The van der Waals surface area contributed by atoms with E-state index >= 15 is 0 Å². The van der Waals surface area contributed by atoms with Gasteiger partial charge in [-0.2, -0.15) is 0 Å². The van der Waals surface area contributed by atoms with Crippen LogP contribution in [0.3, 0.4) is 0 Å². The Bertz CT molecular complexity index is 509. The number of hydrogen-bond donors (Lipinski definition) is 0. The van der Waals surface area contributed by atoms with Gasteiger partial charge < -0.3 is 9.64 Å². The number of nitrogens with zero attached hydrogens (tertiary/aromatic N) is 2. The highest BCUT2D eigenvalue weighted by Gasteiger charge is 2.29. The van der Waals surface area contributed by atoms with Gasteiger partial charge in [-0.1, -0.05) is 24.3 Å². The fourth-order valence-electron chi connectivity index (χ4n) is 3.72. The third-order valence-electron chi connectivity index (χ3n) is 5.01. The minimum Gasteiger partial charge on any atom is -0.383 e. The number of hydrogen-bond acceptors (Lipinski definition) is 3. The SMILES string of the molecule is COCCN1CC(Cc2ccc(CN3CCCC3)cc2)CC1=O. The van der Waals surface area contributed by atoms with Gasteiger partial charge in [0, 0.05) is 33.2 Å². The van der Waals surface area contributed by atoms with E-state index in [9.17, 15) is 4.79 Å². The lowest BCUT2D eigenvalue weighted by Crippen LogP contribution is -2.28. The second kappa shape index (κ2) is 7.93. The summed E-state index contributed by atoms with van der Waals surface area (Å²) in [5, 5.41) is 0. The van der Waals surface area contributed by atoms with Gasteiger partial charge in [0.25, 0.3) is 0 Å². The molecule has 1 amide bonds. The molecule has 0 radical (unpaired) electrons. The van der Waals surface area contributed by atoms with Crippen molar-refractivity contribution in [2.75, 3.05) is 39.9 Å². The smallest absolute Gasteiger partial charge is 0.223 e. The van der Waals surface area contributed by atoms with Gasteiger partial charge in [0.2, 0.25) is 5.91 Å². The highest BCUT2D eigenvalue weighted by Crippen LogP contribution is 2.22. The predicted molar refractivity (Wildman–Crippen MR) is 91.2 cm³/mol. The van der Waals surface area contributed by atoms with Crippen LogP contribution < -0.4 is 0 Å². The Hall–Kier alpha value is -1.39. The molecule has 2 aliphatic rings. The first-order valence-corrected chi connectivity index (χ1v) is 8.81. The summed E-state index contributed by atoms with van der Waals surface area (Å²) in [5.41, 5.74) is 2.75. The molecule has 0 saturated carbocycles. The summed E-state index contributed by atoms with van der Waals surface area (Å²) < 4.78 is 5.08. The molecule has 126 valence electrons. The van der Waals surface area contributed by atoms with Crippen molar-refractivity contribution in [3.05, 3.63) is 35.4 Å². The number of likely N-dealkylation sites (tertiary alicyclic amines) is 2. The van der Waals surface area contributed by atoms with Crippen LogP contribution in [0, 0.1) is 5.92 Å². The van der Waals surface area contributed by atoms with Crippen molar-refractivity contribution in [2.24, 2.45) is 5.92 Å². The van der Waals surface area contributed by atoms with Gasteiger partial charge in [-0.15, -0.1) is 0 Å². The van der Waals surface area contributed by atoms with Crippen LogP contribution in [0.25, 0.3) is 0 Å². The van der Waals surface area contributed by atoms with Crippen molar-refractivity contribution in [1.82, 2.24) is 9.80 Å². The van der Waals surface area contributed by atoms with Crippen LogP contribution >= 0.6 is 0 Å². The van der Waals surface area contributed by atoms with Crippen LogP contribution in [0.5, 0.6) is 0 Å². The Labute approximate surface area is 139 Å². The fraction of sp³-hybridized carbons (Fsp3) is 0.632. The summed E-state index contributed by atoms with van der Waals surface area (Å²) >= 11 is 0. The van der Waals surface area contributed by atoms with Crippen LogP contribution in [-0.4, -0.2) is 55.6 Å². The molecule has 4 heteroatoms. The van der Waals surface area contributed by atoms with E-state index in [0.29, 0.717) is 18.9 Å². The number of carbonyl (C=O) groups excluding carboxylic acids is 1. The number of ether oxygens (including phenoxy) is 1. The van der Waals surface area contributed by atoms with E-state index in [1.807, 2.05) is 4.90 Å². The molecule has 0 aromatic heterocycles. The molecule has 4 nitrogen and oxygen atoms in total. The zero-order chi connectivity index (χ0) is 16.1. The largest absolute Gasteiger partial charge is 0.383 e. The van der Waals surface area contributed by atoms with Gasteiger partial charge in [-0.25, -0.2) is 0 Å². The summed E-state index contributed by atoms with van der Waals surface area (Å²) in [7, 11) is 1.68. The number of benzene rings is 1. The first kappa shape index (κ1) is 16.5. The predicted octanol–water partition coefficient (Wildman–Crippen LogP) is 2.32. The zero-order valence-electron chi connectivity index (χ0n) is 14.2. The van der Waals surface area contributed by atoms with E-state index in [1.165, 1.54) is 37.1 Å². The van der Waals surface area contributed by atoms with Crippen molar-refractivity contribution >= 4 is 5.91 Å². The van der Waals surface area contributed by atoms with Crippen LogP contribution in [-0.2, 0) is 22.5 Å². The molecule has 0 spiro atoms. The molecule has 2 fully saturated rings. The Morgan fingerprint density at radius 3 is 2.52 bits per heavy atom. The first-order valence-electron chi connectivity index (χ1n) is 8.81. The molecule has 1 aromatic rings. The highest BCUT2D eigenvalue weighted by atomic mass is 16.5. The highest BCUT2D eigenvalue weighted by molar-refractivity contribution is 5.78.